The van der Waals surface area contributed by atoms with E-state index >= 15 is 0 Å². The van der Waals surface area contributed by atoms with Crippen LogP contribution in [0, 0.1) is 13.8 Å². The van der Waals surface area contributed by atoms with Crippen LogP contribution in [0.3, 0.4) is 0 Å². The Kier molecular flexibility index (Phi) is 4.89. The van der Waals surface area contributed by atoms with Crippen molar-refractivity contribution in [2.75, 3.05) is 20.8 Å². The molecule has 0 amide bonds. The Balaban J connectivity index is 1.66. The molecular weight excluding hydrogens is 374 g/mol. The minimum absolute atomic E-state index is 0.0149. The summed E-state index contributed by atoms with van der Waals surface area (Å²) in [7, 11) is 3.32. The van der Waals surface area contributed by atoms with Crippen LogP contribution in [0.5, 0.6) is 11.5 Å². The van der Waals surface area contributed by atoms with Crippen molar-refractivity contribution in [1.82, 2.24) is 14.9 Å². The second-order valence-electron chi connectivity index (χ2n) is 7.29. The van der Waals surface area contributed by atoms with Crippen molar-refractivity contribution in [3.8, 4) is 11.5 Å². The molecule has 0 aliphatic carbocycles. The van der Waals surface area contributed by atoms with Crippen molar-refractivity contribution in [3.05, 3.63) is 49.9 Å². The summed E-state index contributed by atoms with van der Waals surface area (Å²) in [6.07, 6.45) is 0.920. The third-order valence-electron chi connectivity index (χ3n) is 5.75. The quantitative estimate of drug-likeness (QED) is 0.724. The minimum atomic E-state index is -0.0440. The second-order valence-corrected chi connectivity index (χ2v) is 8.49. The number of aryl methyl sites for hydroxylation is 2. The number of hydrogen-bond donors (Lipinski definition) is 1. The number of nitrogens with zero attached hydrogens (tertiary/aromatic N) is 2. The highest BCUT2D eigenvalue weighted by Crippen LogP contribution is 2.35. The SMILES string of the molecule is COc1cc2c(cc1OC)CN(C(C)c1nc3sc(C)c(C)c3c(=O)[nH]1)CC2. The number of rotatable bonds is 4. The normalized spacial score (nSPS) is 15.5. The Morgan fingerprint density at radius 3 is 2.54 bits per heavy atom. The monoisotopic (exact) mass is 399 g/mol. The summed E-state index contributed by atoms with van der Waals surface area (Å²) >= 11 is 1.59. The summed E-state index contributed by atoms with van der Waals surface area (Å²) in [6.45, 7) is 7.79. The van der Waals surface area contributed by atoms with Gasteiger partial charge >= 0.3 is 0 Å². The predicted octanol–water partition coefficient (Wildman–Crippen LogP) is 3.74. The molecule has 3 heterocycles. The van der Waals surface area contributed by atoms with Crippen LogP contribution in [0.15, 0.2) is 16.9 Å². The number of methoxy groups -OCH3 is 2. The van der Waals surface area contributed by atoms with Gasteiger partial charge in [-0.3, -0.25) is 9.69 Å². The summed E-state index contributed by atoms with van der Waals surface area (Å²) < 4.78 is 10.9. The highest BCUT2D eigenvalue weighted by atomic mass is 32.1. The molecule has 3 aromatic rings. The minimum Gasteiger partial charge on any atom is -0.493 e. The predicted molar refractivity (Wildman–Crippen MR) is 112 cm³/mol. The van der Waals surface area contributed by atoms with E-state index in [1.54, 1.807) is 25.6 Å². The zero-order valence-electron chi connectivity index (χ0n) is 16.9. The Morgan fingerprint density at radius 2 is 1.86 bits per heavy atom. The van der Waals surface area contributed by atoms with Gasteiger partial charge in [-0.1, -0.05) is 0 Å². The first kappa shape index (κ1) is 19.0. The molecule has 0 fully saturated rings. The van der Waals surface area contributed by atoms with Gasteiger partial charge in [0.05, 0.1) is 25.6 Å². The van der Waals surface area contributed by atoms with E-state index in [1.165, 1.54) is 11.1 Å². The van der Waals surface area contributed by atoms with Crippen molar-refractivity contribution >= 4 is 21.6 Å². The van der Waals surface area contributed by atoms with Gasteiger partial charge in [-0.25, -0.2) is 4.98 Å². The van der Waals surface area contributed by atoms with Gasteiger partial charge in [-0.2, -0.15) is 0 Å². The molecule has 0 spiro atoms. The topological polar surface area (TPSA) is 67.5 Å². The summed E-state index contributed by atoms with van der Waals surface area (Å²) in [6, 6.07) is 4.14. The molecule has 28 heavy (non-hydrogen) atoms. The lowest BCUT2D eigenvalue weighted by Crippen LogP contribution is -2.34. The molecule has 4 rings (SSSR count). The van der Waals surface area contributed by atoms with Crippen molar-refractivity contribution in [3.63, 3.8) is 0 Å². The molecule has 0 radical (unpaired) electrons. The van der Waals surface area contributed by atoms with Gasteiger partial charge in [0.2, 0.25) is 0 Å². The van der Waals surface area contributed by atoms with Crippen LogP contribution in [-0.4, -0.2) is 35.6 Å². The van der Waals surface area contributed by atoms with Crippen molar-refractivity contribution in [2.24, 2.45) is 0 Å². The highest BCUT2D eigenvalue weighted by molar-refractivity contribution is 7.18. The van der Waals surface area contributed by atoms with Crippen LogP contribution < -0.4 is 15.0 Å². The van der Waals surface area contributed by atoms with Crippen LogP contribution in [0.1, 0.15) is 40.4 Å². The van der Waals surface area contributed by atoms with Gasteiger partial charge in [0.25, 0.3) is 5.56 Å². The first-order chi connectivity index (χ1) is 13.4. The molecule has 0 saturated carbocycles. The first-order valence-corrected chi connectivity index (χ1v) is 10.2. The number of nitrogens with one attached hydrogen (secondary N) is 1. The zero-order chi connectivity index (χ0) is 20.0. The fourth-order valence-corrected chi connectivity index (χ4v) is 4.91. The maximum atomic E-state index is 12.6. The van der Waals surface area contributed by atoms with E-state index in [4.69, 9.17) is 14.5 Å². The molecule has 1 aromatic carbocycles. The fourth-order valence-electron chi connectivity index (χ4n) is 3.88. The standard InChI is InChI=1S/C21H25N3O3S/c1-11-13(3)28-21-18(11)20(25)22-19(23-21)12(2)24-7-6-14-8-16(26-4)17(27-5)9-15(14)10-24/h8-9,12H,6-7,10H2,1-5H3,(H,22,23,25). The number of fused-ring (bicyclic) bond motifs is 2. The number of aromatic nitrogens is 2. The van der Waals surface area contributed by atoms with Gasteiger partial charge < -0.3 is 14.5 Å². The van der Waals surface area contributed by atoms with Gasteiger partial charge in [-0.05, 0) is 56.0 Å². The Bertz CT molecular complexity index is 1100. The summed E-state index contributed by atoms with van der Waals surface area (Å²) in [4.78, 5) is 24.7. The molecule has 148 valence electrons. The average molecular weight is 400 g/mol. The van der Waals surface area contributed by atoms with Crippen molar-refractivity contribution in [1.29, 1.82) is 0 Å². The van der Waals surface area contributed by atoms with Crippen LogP contribution in [0.4, 0.5) is 0 Å². The Hall–Kier alpha value is -2.38. The van der Waals surface area contributed by atoms with E-state index in [1.807, 2.05) is 13.8 Å². The molecule has 7 heteroatoms. The number of thiophene rings is 1. The largest absolute Gasteiger partial charge is 0.493 e. The Labute approximate surface area is 168 Å². The number of benzene rings is 1. The van der Waals surface area contributed by atoms with E-state index in [-0.39, 0.29) is 11.6 Å². The fraction of sp³-hybridized carbons (Fsp3) is 0.429. The van der Waals surface area contributed by atoms with E-state index in [0.29, 0.717) is 0 Å². The van der Waals surface area contributed by atoms with E-state index in [0.717, 1.165) is 57.5 Å². The number of H-pyrrole nitrogens is 1. The number of aromatic amines is 1. The Morgan fingerprint density at radius 1 is 1.18 bits per heavy atom. The molecule has 0 bridgehead atoms. The number of ether oxygens (including phenoxy) is 2. The molecule has 1 unspecified atom stereocenters. The second kappa shape index (κ2) is 7.22. The molecule has 1 aliphatic rings. The molecule has 1 atom stereocenters. The van der Waals surface area contributed by atoms with Crippen LogP contribution in [0.2, 0.25) is 0 Å². The highest BCUT2D eigenvalue weighted by Gasteiger charge is 2.25. The van der Waals surface area contributed by atoms with Gasteiger partial charge in [0, 0.05) is 18.0 Å². The third-order valence-corrected chi connectivity index (χ3v) is 6.85. The van der Waals surface area contributed by atoms with Gasteiger partial charge in [0.1, 0.15) is 10.7 Å². The maximum Gasteiger partial charge on any atom is 0.259 e. The molecule has 6 nitrogen and oxygen atoms in total. The van der Waals surface area contributed by atoms with Crippen molar-refractivity contribution < 1.29 is 9.47 Å². The lowest BCUT2D eigenvalue weighted by Gasteiger charge is -2.33. The lowest BCUT2D eigenvalue weighted by molar-refractivity contribution is 0.184. The summed E-state index contributed by atoms with van der Waals surface area (Å²) in [5, 5.41) is 0.722. The molecule has 1 aliphatic heterocycles. The van der Waals surface area contributed by atoms with Crippen LogP contribution in [0.25, 0.3) is 10.2 Å². The average Bonchev–Trinajstić information content (AvgIpc) is 2.99. The zero-order valence-corrected chi connectivity index (χ0v) is 17.7. The van der Waals surface area contributed by atoms with E-state index in [2.05, 4.69) is 28.9 Å². The van der Waals surface area contributed by atoms with Crippen molar-refractivity contribution in [2.45, 2.75) is 39.8 Å². The smallest absolute Gasteiger partial charge is 0.259 e. The molecule has 2 aromatic heterocycles. The summed E-state index contributed by atoms with van der Waals surface area (Å²) in [5.74, 6) is 2.23. The first-order valence-electron chi connectivity index (χ1n) is 9.40. The van der Waals surface area contributed by atoms with Crippen LogP contribution in [-0.2, 0) is 13.0 Å². The van der Waals surface area contributed by atoms with E-state index in [9.17, 15) is 4.79 Å². The number of hydrogen-bond acceptors (Lipinski definition) is 6. The van der Waals surface area contributed by atoms with E-state index < -0.39 is 0 Å². The third kappa shape index (κ3) is 3.08. The molecular formula is C21H25N3O3S. The molecule has 0 saturated heterocycles. The van der Waals surface area contributed by atoms with Gasteiger partial charge in [-0.15, -0.1) is 11.3 Å². The van der Waals surface area contributed by atoms with Crippen LogP contribution >= 0.6 is 11.3 Å². The van der Waals surface area contributed by atoms with Gasteiger partial charge in [0.15, 0.2) is 11.5 Å². The lowest BCUT2D eigenvalue weighted by atomic mass is 9.97. The molecule has 1 N–H and O–H groups in total. The summed E-state index contributed by atoms with van der Waals surface area (Å²) in [5.41, 5.74) is 3.49. The maximum absolute atomic E-state index is 12.6.